The number of hydrogen-bond acceptors (Lipinski definition) is 4. The Labute approximate surface area is 159 Å². The number of carbonyl (C=O) groups excluding carboxylic acids is 2. The number of halogens is 3. The molecule has 1 aliphatic rings. The number of hydrogen-bond donors (Lipinski definition) is 1. The summed E-state index contributed by atoms with van der Waals surface area (Å²) in [5.74, 6) is -0.929. The van der Waals surface area contributed by atoms with Crippen LogP contribution >= 0.6 is 0 Å². The Bertz CT molecular complexity index is 902. The van der Waals surface area contributed by atoms with Gasteiger partial charge < -0.3 is 15.0 Å². The van der Waals surface area contributed by atoms with Crippen LogP contribution < -0.4 is 5.32 Å². The second kappa shape index (κ2) is 7.63. The Hall–Kier alpha value is -2.88. The molecule has 28 heavy (non-hydrogen) atoms. The molecule has 2 amide bonds. The van der Waals surface area contributed by atoms with E-state index in [-0.39, 0.29) is 11.6 Å². The largest absolute Gasteiger partial charge is 0.435 e. The number of anilines is 1. The molecule has 3 rings (SSSR count). The number of aromatic nitrogens is 2. The minimum absolute atomic E-state index is 0.184. The molecule has 1 aromatic carbocycles. The summed E-state index contributed by atoms with van der Waals surface area (Å²) in [5, 5.41) is 5.90. The summed E-state index contributed by atoms with van der Waals surface area (Å²) in [4.78, 5) is 26.8. The Morgan fingerprint density at radius 1 is 1.21 bits per heavy atom. The zero-order valence-corrected chi connectivity index (χ0v) is 15.3. The van der Waals surface area contributed by atoms with Crippen molar-refractivity contribution in [1.29, 1.82) is 0 Å². The highest BCUT2D eigenvalue weighted by Crippen LogP contribution is 2.29. The van der Waals surface area contributed by atoms with Crippen LogP contribution in [0.3, 0.4) is 0 Å². The topological polar surface area (TPSA) is 76.5 Å². The fourth-order valence-electron chi connectivity index (χ4n) is 2.94. The minimum atomic E-state index is -4.64. The quantitative estimate of drug-likeness (QED) is 0.865. The first-order chi connectivity index (χ1) is 13.2. The molecule has 0 aliphatic carbocycles. The molecule has 150 valence electrons. The maximum absolute atomic E-state index is 12.8. The molecule has 2 heterocycles. The summed E-state index contributed by atoms with van der Waals surface area (Å²) in [7, 11) is 1.26. The molecule has 1 aliphatic heterocycles. The van der Waals surface area contributed by atoms with Crippen LogP contribution in [0.1, 0.15) is 32.1 Å². The van der Waals surface area contributed by atoms with Crippen molar-refractivity contribution in [1.82, 2.24) is 14.7 Å². The highest BCUT2D eigenvalue weighted by atomic mass is 19.4. The zero-order chi connectivity index (χ0) is 20.5. The third kappa shape index (κ3) is 4.01. The van der Waals surface area contributed by atoms with E-state index in [4.69, 9.17) is 4.74 Å². The number of alkyl halides is 3. The average molecular weight is 396 g/mol. The van der Waals surface area contributed by atoms with E-state index in [9.17, 15) is 22.8 Å². The van der Waals surface area contributed by atoms with Gasteiger partial charge in [-0.25, -0.2) is 0 Å². The normalized spacial score (nSPS) is 14.8. The Morgan fingerprint density at radius 2 is 1.89 bits per heavy atom. The number of nitrogens with zero attached hydrogens (tertiary/aromatic N) is 3. The van der Waals surface area contributed by atoms with Crippen molar-refractivity contribution >= 4 is 17.5 Å². The highest BCUT2D eigenvalue weighted by molar-refractivity contribution is 6.05. The van der Waals surface area contributed by atoms with Gasteiger partial charge in [0.2, 0.25) is 0 Å². The first-order valence-electron chi connectivity index (χ1n) is 8.57. The molecule has 1 N–H and O–H groups in total. The van der Waals surface area contributed by atoms with Crippen LogP contribution in [0.4, 0.5) is 18.9 Å². The fourth-order valence-corrected chi connectivity index (χ4v) is 2.94. The van der Waals surface area contributed by atoms with Crippen molar-refractivity contribution in [3.63, 3.8) is 0 Å². The van der Waals surface area contributed by atoms with Gasteiger partial charge in [-0.2, -0.15) is 18.3 Å². The zero-order valence-electron chi connectivity index (χ0n) is 15.3. The summed E-state index contributed by atoms with van der Waals surface area (Å²) in [6.45, 7) is 3.55. The van der Waals surface area contributed by atoms with Gasteiger partial charge in [0, 0.05) is 37.5 Å². The molecule has 0 saturated carbocycles. The molecule has 1 fully saturated rings. The van der Waals surface area contributed by atoms with Gasteiger partial charge in [0.1, 0.15) is 5.69 Å². The second-order valence-electron chi connectivity index (χ2n) is 6.37. The highest BCUT2D eigenvalue weighted by Gasteiger charge is 2.35. The van der Waals surface area contributed by atoms with E-state index in [1.807, 2.05) is 0 Å². The van der Waals surface area contributed by atoms with Crippen LogP contribution in [-0.2, 0) is 18.0 Å². The van der Waals surface area contributed by atoms with Crippen LogP contribution in [0, 0.1) is 6.92 Å². The van der Waals surface area contributed by atoms with Crippen molar-refractivity contribution in [2.75, 3.05) is 31.6 Å². The third-order valence-corrected chi connectivity index (χ3v) is 4.51. The molecule has 7 nitrogen and oxygen atoms in total. The SMILES string of the molecule is Cc1c(NC(=O)c2cc(C(F)(F)F)nn2C)cccc1C(=O)N1CCOCC1. The molecule has 1 aromatic heterocycles. The van der Waals surface area contributed by atoms with Crippen LogP contribution in [0.15, 0.2) is 24.3 Å². The molecule has 2 aromatic rings. The lowest BCUT2D eigenvalue weighted by molar-refractivity contribution is -0.141. The first-order valence-corrected chi connectivity index (χ1v) is 8.57. The second-order valence-corrected chi connectivity index (χ2v) is 6.37. The number of amides is 2. The summed E-state index contributed by atoms with van der Waals surface area (Å²) in [6.07, 6.45) is -4.64. The van der Waals surface area contributed by atoms with Crippen LogP contribution in [0.25, 0.3) is 0 Å². The van der Waals surface area contributed by atoms with Gasteiger partial charge in [0.25, 0.3) is 11.8 Å². The minimum Gasteiger partial charge on any atom is -0.378 e. The predicted molar refractivity (Wildman–Crippen MR) is 94.1 cm³/mol. The molecule has 1 saturated heterocycles. The predicted octanol–water partition coefficient (Wildman–Crippen LogP) is 2.47. The summed E-state index contributed by atoms with van der Waals surface area (Å²) in [6, 6.07) is 5.53. The van der Waals surface area contributed by atoms with Gasteiger partial charge in [-0.1, -0.05) is 6.07 Å². The molecule has 0 unspecified atom stereocenters. The van der Waals surface area contributed by atoms with E-state index in [0.717, 1.165) is 4.68 Å². The van der Waals surface area contributed by atoms with Crippen molar-refractivity contribution < 1.29 is 27.5 Å². The summed E-state index contributed by atoms with van der Waals surface area (Å²) >= 11 is 0. The lowest BCUT2D eigenvalue weighted by Crippen LogP contribution is -2.41. The van der Waals surface area contributed by atoms with Crippen molar-refractivity contribution in [2.24, 2.45) is 7.05 Å². The van der Waals surface area contributed by atoms with E-state index >= 15 is 0 Å². The van der Waals surface area contributed by atoms with E-state index in [2.05, 4.69) is 10.4 Å². The van der Waals surface area contributed by atoms with Gasteiger partial charge >= 0.3 is 6.18 Å². The molecule has 0 spiro atoms. The average Bonchev–Trinajstić information content (AvgIpc) is 3.06. The van der Waals surface area contributed by atoms with E-state index in [1.54, 1.807) is 30.0 Å². The Balaban J connectivity index is 1.82. The molecular weight excluding hydrogens is 377 g/mol. The standard InChI is InChI=1S/C18H19F3N4O3/c1-11-12(17(27)25-6-8-28-9-7-25)4-3-5-13(11)22-16(26)14-10-15(18(19,20)21)23-24(14)2/h3-5,10H,6-9H2,1-2H3,(H,22,26). The van der Waals surface area contributed by atoms with E-state index < -0.39 is 17.8 Å². The van der Waals surface area contributed by atoms with Gasteiger partial charge in [0.05, 0.1) is 13.2 Å². The molecule has 0 radical (unpaired) electrons. The van der Waals surface area contributed by atoms with Gasteiger partial charge in [-0.05, 0) is 24.6 Å². The number of aryl methyl sites for hydroxylation is 1. The Morgan fingerprint density at radius 3 is 2.50 bits per heavy atom. The Kier molecular flexibility index (Phi) is 5.41. The number of nitrogens with one attached hydrogen (secondary N) is 1. The van der Waals surface area contributed by atoms with Gasteiger partial charge in [-0.15, -0.1) is 0 Å². The number of ether oxygens (including phenoxy) is 1. The van der Waals surface area contributed by atoms with E-state index in [1.165, 1.54) is 7.05 Å². The lowest BCUT2D eigenvalue weighted by Gasteiger charge is -2.27. The molecular formula is C18H19F3N4O3. The maximum atomic E-state index is 12.8. The third-order valence-electron chi connectivity index (χ3n) is 4.51. The number of rotatable bonds is 3. The van der Waals surface area contributed by atoms with Gasteiger partial charge in [-0.3, -0.25) is 14.3 Å². The monoisotopic (exact) mass is 396 g/mol. The number of morpholine rings is 1. The smallest absolute Gasteiger partial charge is 0.378 e. The molecule has 0 bridgehead atoms. The van der Waals surface area contributed by atoms with Gasteiger partial charge in [0.15, 0.2) is 5.69 Å². The maximum Gasteiger partial charge on any atom is 0.435 e. The van der Waals surface area contributed by atoms with Crippen LogP contribution in [0.5, 0.6) is 0 Å². The number of benzene rings is 1. The first kappa shape index (κ1) is 19.9. The molecule has 0 atom stereocenters. The molecule has 10 heteroatoms. The van der Waals surface area contributed by atoms with E-state index in [0.29, 0.717) is 49.2 Å². The van der Waals surface area contributed by atoms with Crippen LogP contribution in [0.2, 0.25) is 0 Å². The number of carbonyl (C=O) groups is 2. The fraction of sp³-hybridized carbons (Fsp3) is 0.389. The summed E-state index contributed by atoms with van der Waals surface area (Å²) in [5.41, 5.74) is -0.0881. The van der Waals surface area contributed by atoms with Crippen molar-refractivity contribution in [3.8, 4) is 0 Å². The van der Waals surface area contributed by atoms with Crippen LogP contribution in [-0.4, -0.2) is 52.8 Å². The summed E-state index contributed by atoms with van der Waals surface area (Å²) < 4.78 is 44.5. The lowest BCUT2D eigenvalue weighted by atomic mass is 10.0. The van der Waals surface area contributed by atoms with Crippen molar-refractivity contribution in [3.05, 3.63) is 46.8 Å². The van der Waals surface area contributed by atoms with Crippen molar-refractivity contribution in [2.45, 2.75) is 13.1 Å².